The number of amides is 1. The van der Waals surface area contributed by atoms with Gasteiger partial charge in [-0.3, -0.25) is 9.59 Å². The van der Waals surface area contributed by atoms with Crippen LogP contribution in [0.25, 0.3) is 0 Å². The van der Waals surface area contributed by atoms with Crippen LogP contribution >= 0.6 is 0 Å². The van der Waals surface area contributed by atoms with Gasteiger partial charge in [-0.2, -0.15) is 0 Å². The van der Waals surface area contributed by atoms with Crippen LogP contribution < -0.4 is 10.1 Å². The van der Waals surface area contributed by atoms with Gasteiger partial charge in [0.25, 0.3) is 5.91 Å². The Hall–Kier alpha value is -1.91. The SMILES string of the molecule is CCNC(=O)COc1ccc(C)nc1C=O. The van der Waals surface area contributed by atoms with Gasteiger partial charge in [-0.25, -0.2) is 4.98 Å². The van der Waals surface area contributed by atoms with Gasteiger partial charge in [-0.15, -0.1) is 0 Å². The molecule has 0 bridgehead atoms. The number of aromatic nitrogens is 1. The summed E-state index contributed by atoms with van der Waals surface area (Å²) in [6.07, 6.45) is 0.611. The molecule has 0 saturated carbocycles. The van der Waals surface area contributed by atoms with Crippen LogP contribution in [-0.2, 0) is 4.79 Å². The zero-order valence-electron chi connectivity index (χ0n) is 9.32. The summed E-state index contributed by atoms with van der Waals surface area (Å²) < 4.78 is 5.19. The van der Waals surface area contributed by atoms with Gasteiger partial charge in [0.05, 0.1) is 0 Å². The van der Waals surface area contributed by atoms with Crippen molar-refractivity contribution >= 4 is 12.2 Å². The van der Waals surface area contributed by atoms with Crippen molar-refractivity contribution in [2.24, 2.45) is 0 Å². The number of hydrogen-bond donors (Lipinski definition) is 1. The number of rotatable bonds is 5. The van der Waals surface area contributed by atoms with Crippen molar-refractivity contribution < 1.29 is 14.3 Å². The maximum absolute atomic E-state index is 11.1. The molecule has 0 aliphatic heterocycles. The molecular formula is C11H14N2O3. The number of carbonyl (C=O) groups excluding carboxylic acids is 2. The molecule has 1 rings (SSSR count). The maximum Gasteiger partial charge on any atom is 0.257 e. The first-order chi connectivity index (χ1) is 7.67. The minimum Gasteiger partial charge on any atom is -0.481 e. The molecule has 1 aromatic rings. The van der Waals surface area contributed by atoms with Crippen LogP contribution in [-0.4, -0.2) is 30.3 Å². The van der Waals surface area contributed by atoms with Gasteiger partial charge in [-0.05, 0) is 26.0 Å². The molecule has 0 fully saturated rings. The fourth-order valence-corrected chi connectivity index (χ4v) is 1.16. The highest BCUT2D eigenvalue weighted by Gasteiger charge is 2.07. The molecule has 5 nitrogen and oxygen atoms in total. The highest BCUT2D eigenvalue weighted by Crippen LogP contribution is 2.14. The third kappa shape index (κ3) is 3.34. The molecule has 0 aromatic carbocycles. The van der Waals surface area contributed by atoms with Crippen molar-refractivity contribution in [2.75, 3.05) is 13.2 Å². The average Bonchev–Trinajstić information content (AvgIpc) is 2.27. The van der Waals surface area contributed by atoms with Crippen molar-refractivity contribution in [1.29, 1.82) is 0 Å². The number of carbonyl (C=O) groups is 2. The lowest BCUT2D eigenvalue weighted by atomic mass is 10.3. The van der Waals surface area contributed by atoms with Crippen LogP contribution in [0.4, 0.5) is 0 Å². The van der Waals surface area contributed by atoms with E-state index in [1.807, 2.05) is 6.92 Å². The number of aldehydes is 1. The number of hydrogen-bond acceptors (Lipinski definition) is 4. The van der Waals surface area contributed by atoms with Crippen molar-refractivity contribution in [3.05, 3.63) is 23.5 Å². The lowest BCUT2D eigenvalue weighted by molar-refractivity contribution is -0.122. The van der Waals surface area contributed by atoms with E-state index in [-0.39, 0.29) is 18.2 Å². The summed E-state index contributed by atoms with van der Waals surface area (Å²) >= 11 is 0. The zero-order valence-corrected chi connectivity index (χ0v) is 9.32. The normalized spacial score (nSPS) is 9.62. The first-order valence-corrected chi connectivity index (χ1v) is 4.99. The van der Waals surface area contributed by atoms with E-state index < -0.39 is 0 Å². The predicted octanol–water partition coefficient (Wildman–Crippen LogP) is 0.717. The van der Waals surface area contributed by atoms with E-state index in [0.29, 0.717) is 18.6 Å². The number of pyridine rings is 1. The number of nitrogens with one attached hydrogen (secondary N) is 1. The summed E-state index contributed by atoms with van der Waals surface area (Å²) in [6.45, 7) is 4.04. The van der Waals surface area contributed by atoms with E-state index in [4.69, 9.17) is 4.74 Å². The summed E-state index contributed by atoms with van der Waals surface area (Å²) in [7, 11) is 0. The molecule has 1 N–H and O–H groups in total. The highest BCUT2D eigenvalue weighted by molar-refractivity contribution is 5.79. The zero-order chi connectivity index (χ0) is 12.0. The molecule has 0 saturated heterocycles. The molecule has 1 heterocycles. The van der Waals surface area contributed by atoms with Gasteiger partial charge in [0.1, 0.15) is 11.4 Å². The summed E-state index contributed by atoms with van der Waals surface area (Å²) in [5, 5.41) is 2.59. The van der Waals surface area contributed by atoms with Gasteiger partial charge >= 0.3 is 0 Å². The van der Waals surface area contributed by atoms with Crippen LogP contribution in [0.3, 0.4) is 0 Å². The molecule has 1 amide bonds. The molecule has 0 radical (unpaired) electrons. The summed E-state index contributed by atoms with van der Waals surface area (Å²) in [5.74, 6) is 0.103. The van der Waals surface area contributed by atoms with Crippen LogP contribution in [0.15, 0.2) is 12.1 Å². The molecule has 5 heteroatoms. The second-order valence-electron chi connectivity index (χ2n) is 3.20. The van der Waals surface area contributed by atoms with Gasteiger partial charge in [0, 0.05) is 12.2 Å². The van der Waals surface area contributed by atoms with Crippen LogP contribution in [0, 0.1) is 6.92 Å². The fourth-order valence-electron chi connectivity index (χ4n) is 1.16. The van der Waals surface area contributed by atoms with Crippen molar-refractivity contribution in [3.63, 3.8) is 0 Å². The topological polar surface area (TPSA) is 68.3 Å². The van der Waals surface area contributed by atoms with Crippen LogP contribution in [0.1, 0.15) is 23.1 Å². The van der Waals surface area contributed by atoms with Crippen LogP contribution in [0.5, 0.6) is 5.75 Å². The number of ether oxygens (including phenoxy) is 1. The van der Waals surface area contributed by atoms with Gasteiger partial charge in [0.2, 0.25) is 0 Å². The minimum absolute atomic E-state index is 0.112. The molecular weight excluding hydrogens is 208 g/mol. The van der Waals surface area contributed by atoms with E-state index >= 15 is 0 Å². The van der Waals surface area contributed by atoms with Crippen molar-refractivity contribution in [2.45, 2.75) is 13.8 Å². The van der Waals surface area contributed by atoms with Crippen LogP contribution in [0.2, 0.25) is 0 Å². The number of likely N-dealkylation sites (N-methyl/N-ethyl adjacent to an activating group) is 1. The summed E-state index contributed by atoms with van der Waals surface area (Å²) in [4.78, 5) is 25.8. The Labute approximate surface area is 93.8 Å². The molecule has 0 unspecified atom stereocenters. The maximum atomic E-state index is 11.1. The Morgan fingerprint density at radius 2 is 2.31 bits per heavy atom. The van der Waals surface area contributed by atoms with E-state index in [9.17, 15) is 9.59 Å². The second kappa shape index (κ2) is 5.85. The van der Waals surface area contributed by atoms with Gasteiger partial charge in [0.15, 0.2) is 12.9 Å². The van der Waals surface area contributed by atoms with E-state index in [0.717, 1.165) is 5.69 Å². The van der Waals surface area contributed by atoms with Crippen molar-refractivity contribution in [1.82, 2.24) is 10.3 Å². The summed E-state index contributed by atoms with van der Waals surface area (Å²) in [5.41, 5.74) is 0.941. The van der Waals surface area contributed by atoms with E-state index in [2.05, 4.69) is 10.3 Å². The van der Waals surface area contributed by atoms with Crippen molar-refractivity contribution in [3.8, 4) is 5.75 Å². The fraction of sp³-hybridized carbons (Fsp3) is 0.364. The van der Waals surface area contributed by atoms with E-state index in [1.54, 1.807) is 19.1 Å². The molecule has 0 atom stereocenters. The molecule has 1 aromatic heterocycles. The van der Waals surface area contributed by atoms with Gasteiger partial charge in [-0.1, -0.05) is 0 Å². The number of nitrogens with zero attached hydrogens (tertiary/aromatic N) is 1. The monoisotopic (exact) mass is 222 g/mol. The third-order valence-corrected chi connectivity index (χ3v) is 1.87. The Morgan fingerprint density at radius 1 is 1.56 bits per heavy atom. The smallest absolute Gasteiger partial charge is 0.257 e. The molecule has 0 aliphatic rings. The second-order valence-corrected chi connectivity index (χ2v) is 3.20. The lowest BCUT2D eigenvalue weighted by Gasteiger charge is -2.07. The lowest BCUT2D eigenvalue weighted by Crippen LogP contribution is -2.28. The van der Waals surface area contributed by atoms with E-state index in [1.165, 1.54) is 0 Å². The number of aryl methyl sites for hydroxylation is 1. The van der Waals surface area contributed by atoms with Gasteiger partial charge < -0.3 is 10.1 Å². The Morgan fingerprint density at radius 3 is 2.94 bits per heavy atom. The molecule has 0 aliphatic carbocycles. The predicted molar refractivity (Wildman–Crippen MR) is 58.5 cm³/mol. The third-order valence-electron chi connectivity index (χ3n) is 1.87. The quantitative estimate of drug-likeness (QED) is 0.745. The first-order valence-electron chi connectivity index (χ1n) is 4.99. The molecule has 86 valence electrons. The average molecular weight is 222 g/mol. The largest absolute Gasteiger partial charge is 0.481 e. The first kappa shape index (κ1) is 12.2. The molecule has 16 heavy (non-hydrogen) atoms. The molecule has 0 spiro atoms. The Kier molecular flexibility index (Phi) is 4.44. The Bertz CT molecular complexity index is 391. The summed E-state index contributed by atoms with van der Waals surface area (Å²) in [6, 6.07) is 3.35. The highest BCUT2D eigenvalue weighted by atomic mass is 16.5. The standard InChI is InChI=1S/C11H14N2O3/c1-3-12-11(15)7-16-10-5-4-8(2)13-9(10)6-14/h4-6H,3,7H2,1-2H3,(H,12,15). The minimum atomic E-state index is -0.222. The Balaban J connectivity index is 2.66.